The summed E-state index contributed by atoms with van der Waals surface area (Å²) in [5, 5.41) is 11.4. The van der Waals surface area contributed by atoms with Crippen LogP contribution < -0.4 is 10.1 Å². The molecule has 1 aliphatic rings. The average Bonchev–Trinajstić information content (AvgIpc) is 3.46. The summed E-state index contributed by atoms with van der Waals surface area (Å²) >= 11 is 2.59. The number of ketones is 1. The van der Waals surface area contributed by atoms with Crippen molar-refractivity contribution in [3.8, 4) is 5.75 Å². The molecule has 6 nitrogen and oxygen atoms in total. The van der Waals surface area contributed by atoms with Gasteiger partial charge in [0, 0.05) is 11.5 Å². The van der Waals surface area contributed by atoms with Crippen LogP contribution in [0.2, 0.25) is 0 Å². The van der Waals surface area contributed by atoms with Crippen molar-refractivity contribution in [3.63, 3.8) is 0 Å². The summed E-state index contributed by atoms with van der Waals surface area (Å²) in [6.45, 7) is 0. The molecule has 1 aliphatic carbocycles. The van der Waals surface area contributed by atoms with Crippen LogP contribution in [0.5, 0.6) is 5.75 Å². The van der Waals surface area contributed by atoms with Gasteiger partial charge in [0.2, 0.25) is 11.0 Å². The fraction of sp³-hybridized carbons (Fsp3) is 0.238. The van der Waals surface area contributed by atoms with Gasteiger partial charge in [-0.15, -0.1) is 10.2 Å². The second kappa shape index (κ2) is 8.75. The maximum absolute atomic E-state index is 12.4. The lowest BCUT2D eigenvalue weighted by Gasteiger charge is -2.02. The molecule has 1 fully saturated rings. The van der Waals surface area contributed by atoms with Gasteiger partial charge in [-0.25, -0.2) is 0 Å². The van der Waals surface area contributed by atoms with E-state index in [0.717, 1.165) is 6.42 Å². The summed E-state index contributed by atoms with van der Waals surface area (Å²) in [5.41, 5.74) is 1.78. The minimum absolute atomic E-state index is 0.0154. The van der Waals surface area contributed by atoms with Crippen LogP contribution in [-0.2, 0) is 4.79 Å². The molecule has 8 heteroatoms. The Morgan fingerprint density at radius 1 is 1.17 bits per heavy atom. The smallest absolute Gasteiger partial charge is 0.229 e. The predicted octanol–water partition coefficient (Wildman–Crippen LogP) is 4.26. The van der Waals surface area contributed by atoms with E-state index in [1.807, 2.05) is 18.2 Å². The molecule has 0 saturated heterocycles. The predicted molar refractivity (Wildman–Crippen MR) is 114 cm³/mol. The zero-order chi connectivity index (χ0) is 20.2. The van der Waals surface area contributed by atoms with Crippen LogP contribution in [0, 0.1) is 5.92 Å². The zero-order valence-electron chi connectivity index (χ0n) is 15.7. The average molecular weight is 426 g/mol. The molecule has 0 bridgehead atoms. The third-order valence-corrected chi connectivity index (χ3v) is 6.68. The summed E-state index contributed by atoms with van der Waals surface area (Å²) in [7, 11) is 1.57. The Bertz CT molecular complexity index is 1020. The van der Waals surface area contributed by atoms with Crippen molar-refractivity contribution in [2.45, 2.75) is 16.7 Å². The molecule has 0 aliphatic heterocycles. The number of nitrogens with zero attached hydrogens (tertiary/aromatic N) is 2. The number of thioether (sulfide) groups is 1. The van der Waals surface area contributed by atoms with Gasteiger partial charge in [0.05, 0.1) is 12.9 Å². The first kappa shape index (κ1) is 19.6. The number of carbonyl (C=O) groups is 2. The Balaban J connectivity index is 1.28. The standard InChI is InChI=1S/C21H19N3O3S2/c1-27-15-9-5-8-14(10-15)18(25)12-28-21-24-23-20(29-21)22-19(26)17-11-16(17)13-6-3-2-4-7-13/h2-10,16-17H,11-12H2,1H3,(H,22,23,26)/t16-,17+/m0/s1. The van der Waals surface area contributed by atoms with Gasteiger partial charge >= 0.3 is 0 Å². The number of hydrogen-bond acceptors (Lipinski definition) is 7. The van der Waals surface area contributed by atoms with Crippen LogP contribution in [0.3, 0.4) is 0 Å². The highest BCUT2D eigenvalue weighted by atomic mass is 32.2. The molecule has 1 N–H and O–H groups in total. The van der Waals surface area contributed by atoms with E-state index in [1.54, 1.807) is 31.4 Å². The summed E-state index contributed by atoms with van der Waals surface area (Å²) in [5.74, 6) is 1.10. The molecule has 1 saturated carbocycles. The van der Waals surface area contributed by atoms with E-state index in [-0.39, 0.29) is 29.3 Å². The molecule has 0 spiro atoms. The number of Topliss-reactive ketones (excluding diaryl/α,β-unsaturated/α-hetero) is 1. The number of carbonyl (C=O) groups excluding carboxylic acids is 2. The Morgan fingerprint density at radius 2 is 2.00 bits per heavy atom. The number of hydrogen-bond donors (Lipinski definition) is 1. The number of rotatable bonds is 8. The van der Waals surface area contributed by atoms with Gasteiger partial charge in [-0.3, -0.25) is 9.59 Å². The molecule has 0 radical (unpaired) electrons. The van der Waals surface area contributed by atoms with E-state index < -0.39 is 0 Å². The quantitative estimate of drug-likeness (QED) is 0.330. The van der Waals surface area contributed by atoms with Crippen LogP contribution in [0.1, 0.15) is 28.3 Å². The number of benzene rings is 2. The maximum atomic E-state index is 12.4. The van der Waals surface area contributed by atoms with Crippen molar-refractivity contribution < 1.29 is 14.3 Å². The van der Waals surface area contributed by atoms with Gasteiger partial charge in [0.15, 0.2) is 10.1 Å². The normalized spacial score (nSPS) is 17.6. The van der Waals surface area contributed by atoms with Gasteiger partial charge in [-0.2, -0.15) is 0 Å². The Morgan fingerprint density at radius 3 is 2.79 bits per heavy atom. The molecule has 148 valence electrons. The first-order chi connectivity index (χ1) is 14.1. The van der Waals surface area contributed by atoms with Crippen molar-refractivity contribution in [3.05, 3.63) is 65.7 Å². The molecular weight excluding hydrogens is 406 g/mol. The number of amides is 1. The van der Waals surface area contributed by atoms with Crippen molar-refractivity contribution in [1.82, 2.24) is 10.2 Å². The lowest BCUT2D eigenvalue weighted by atomic mass is 10.1. The van der Waals surface area contributed by atoms with E-state index in [2.05, 4.69) is 27.6 Å². The third-order valence-electron chi connectivity index (χ3n) is 4.71. The first-order valence-corrected chi connectivity index (χ1v) is 10.9. The van der Waals surface area contributed by atoms with E-state index in [4.69, 9.17) is 4.74 Å². The minimum atomic E-state index is -0.0287. The lowest BCUT2D eigenvalue weighted by Crippen LogP contribution is -2.14. The first-order valence-electron chi connectivity index (χ1n) is 9.13. The zero-order valence-corrected chi connectivity index (χ0v) is 17.3. The number of aromatic nitrogens is 2. The van der Waals surface area contributed by atoms with Gasteiger partial charge in [-0.05, 0) is 30.0 Å². The van der Waals surface area contributed by atoms with Gasteiger partial charge < -0.3 is 10.1 Å². The van der Waals surface area contributed by atoms with E-state index in [1.165, 1.54) is 28.7 Å². The topological polar surface area (TPSA) is 81.2 Å². The van der Waals surface area contributed by atoms with Crippen molar-refractivity contribution in [1.29, 1.82) is 0 Å². The molecule has 29 heavy (non-hydrogen) atoms. The highest BCUT2D eigenvalue weighted by Gasteiger charge is 2.44. The van der Waals surface area contributed by atoms with Crippen LogP contribution in [0.15, 0.2) is 58.9 Å². The third kappa shape index (κ3) is 4.83. The number of methoxy groups -OCH3 is 1. The summed E-state index contributed by atoms with van der Waals surface area (Å²) in [6, 6.07) is 17.1. The molecule has 1 heterocycles. The monoisotopic (exact) mass is 425 g/mol. The number of ether oxygens (including phenoxy) is 1. The van der Waals surface area contributed by atoms with Gasteiger partial charge in [-0.1, -0.05) is 65.6 Å². The van der Waals surface area contributed by atoms with Crippen LogP contribution >= 0.6 is 23.1 Å². The Labute approximate surface area is 176 Å². The summed E-state index contributed by atoms with van der Waals surface area (Å²) in [6.07, 6.45) is 0.852. The molecule has 1 aromatic heterocycles. The fourth-order valence-electron chi connectivity index (χ4n) is 3.08. The van der Waals surface area contributed by atoms with Crippen molar-refractivity contribution in [2.24, 2.45) is 5.92 Å². The Hall–Kier alpha value is -2.71. The minimum Gasteiger partial charge on any atom is -0.497 e. The highest BCUT2D eigenvalue weighted by Crippen LogP contribution is 2.48. The number of anilines is 1. The van der Waals surface area contributed by atoms with Crippen LogP contribution in [-0.4, -0.2) is 34.8 Å². The molecule has 2 atom stereocenters. The lowest BCUT2D eigenvalue weighted by molar-refractivity contribution is -0.117. The van der Waals surface area contributed by atoms with E-state index in [0.29, 0.717) is 20.8 Å². The summed E-state index contributed by atoms with van der Waals surface area (Å²) < 4.78 is 5.79. The second-order valence-corrected chi connectivity index (χ2v) is 8.87. The molecule has 2 aromatic carbocycles. The number of nitrogens with one attached hydrogen (secondary N) is 1. The maximum Gasteiger partial charge on any atom is 0.229 e. The van der Waals surface area contributed by atoms with Gasteiger partial charge in [0.25, 0.3) is 0 Å². The fourth-order valence-corrected chi connectivity index (χ4v) is 4.73. The van der Waals surface area contributed by atoms with Crippen LogP contribution in [0.4, 0.5) is 5.13 Å². The SMILES string of the molecule is COc1cccc(C(=O)CSc2nnc(NC(=O)[C@@H]3C[C@H]3c3ccccc3)s2)c1. The highest BCUT2D eigenvalue weighted by molar-refractivity contribution is 8.01. The van der Waals surface area contributed by atoms with Crippen molar-refractivity contribution >= 4 is 39.9 Å². The van der Waals surface area contributed by atoms with E-state index in [9.17, 15) is 9.59 Å². The molecule has 4 rings (SSSR count). The summed E-state index contributed by atoms with van der Waals surface area (Å²) in [4.78, 5) is 24.8. The van der Waals surface area contributed by atoms with Crippen molar-refractivity contribution in [2.75, 3.05) is 18.2 Å². The Kier molecular flexibility index (Phi) is 5.92. The molecule has 1 amide bonds. The second-order valence-electron chi connectivity index (χ2n) is 6.67. The van der Waals surface area contributed by atoms with E-state index >= 15 is 0 Å². The molecule has 0 unspecified atom stereocenters. The van der Waals surface area contributed by atoms with Crippen LogP contribution in [0.25, 0.3) is 0 Å². The van der Waals surface area contributed by atoms with Gasteiger partial charge in [0.1, 0.15) is 5.75 Å². The molecule has 3 aromatic rings. The molecular formula is C21H19N3O3S2. The largest absolute Gasteiger partial charge is 0.497 e.